The standard InChI is InChI=1S/C9H9N3O/c1-6-7(5-10)3-4-8(12-6)9(13)11-2/h3-4H,1-2H3,(H,11,13). The zero-order chi connectivity index (χ0) is 9.84. The number of aryl methyl sites for hydroxylation is 1. The second-order valence-electron chi connectivity index (χ2n) is 2.52. The van der Waals surface area contributed by atoms with E-state index in [0.717, 1.165) is 0 Å². The van der Waals surface area contributed by atoms with Crippen molar-refractivity contribution in [3.05, 3.63) is 29.1 Å². The van der Waals surface area contributed by atoms with E-state index in [1.54, 1.807) is 13.0 Å². The summed E-state index contributed by atoms with van der Waals surface area (Å²) in [4.78, 5) is 15.1. The predicted molar refractivity (Wildman–Crippen MR) is 47.1 cm³/mol. The molecule has 0 aromatic carbocycles. The van der Waals surface area contributed by atoms with Gasteiger partial charge in [-0.2, -0.15) is 5.26 Å². The minimum atomic E-state index is -0.243. The van der Waals surface area contributed by atoms with Crippen LogP contribution in [0.1, 0.15) is 21.7 Å². The molecule has 66 valence electrons. The highest BCUT2D eigenvalue weighted by molar-refractivity contribution is 5.92. The molecule has 0 bridgehead atoms. The number of nitrogens with zero attached hydrogens (tertiary/aromatic N) is 2. The molecule has 4 nitrogen and oxygen atoms in total. The molecule has 0 unspecified atom stereocenters. The maximum absolute atomic E-state index is 11.1. The Labute approximate surface area is 76.2 Å². The van der Waals surface area contributed by atoms with E-state index in [1.165, 1.54) is 13.1 Å². The summed E-state index contributed by atoms with van der Waals surface area (Å²) in [5.41, 5.74) is 1.40. The van der Waals surface area contributed by atoms with Gasteiger partial charge in [-0.1, -0.05) is 0 Å². The van der Waals surface area contributed by atoms with Crippen molar-refractivity contribution in [1.82, 2.24) is 10.3 Å². The number of nitriles is 1. The van der Waals surface area contributed by atoms with Crippen molar-refractivity contribution < 1.29 is 4.79 Å². The summed E-state index contributed by atoms with van der Waals surface area (Å²) < 4.78 is 0. The third-order valence-corrected chi connectivity index (χ3v) is 1.67. The van der Waals surface area contributed by atoms with Crippen molar-refractivity contribution in [1.29, 1.82) is 5.26 Å². The minimum absolute atomic E-state index is 0.243. The molecule has 0 aliphatic carbocycles. The van der Waals surface area contributed by atoms with Gasteiger partial charge in [0.05, 0.1) is 11.3 Å². The summed E-state index contributed by atoms with van der Waals surface area (Å²) in [6, 6.07) is 5.11. The van der Waals surface area contributed by atoms with Gasteiger partial charge in [-0.25, -0.2) is 4.98 Å². The molecule has 0 aliphatic rings. The third-order valence-electron chi connectivity index (χ3n) is 1.67. The zero-order valence-corrected chi connectivity index (χ0v) is 7.46. The molecule has 0 saturated carbocycles. The molecule has 0 radical (unpaired) electrons. The molecule has 1 aromatic heterocycles. The van der Waals surface area contributed by atoms with Gasteiger partial charge in [-0.15, -0.1) is 0 Å². The molecule has 1 heterocycles. The van der Waals surface area contributed by atoms with Crippen LogP contribution < -0.4 is 5.32 Å². The van der Waals surface area contributed by atoms with Crippen LogP contribution in [-0.2, 0) is 0 Å². The molecule has 0 fully saturated rings. The van der Waals surface area contributed by atoms with Crippen LogP contribution in [0.2, 0.25) is 0 Å². The quantitative estimate of drug-likeness (QED) is 0.680. The fourth-order valence-corrected chi connectivity index (χ4v) is 0.934. The SMILES string of the molecule is CNC(=O)c1ccc(C#N)c(C)n1. The Morgan fingerprint density at radius 2 is 2.31 bits per heavy atom. The number of hydrogen-bond donors (Lipinski definition) is 1. The molecule has 4 heteroatoms. The van der Waals surface area contributed by atoms with Crippen LogP contribution in [0.15, 0.2) is 12.1 Å². The Balaban J connectivity index is 3.11. The Bertz CT molecular complexity index is 379. The number of pyridine rings is 1. The van der Waals surface area contributed by atoms with E-state index in [2.05, 4.69) is 10.3 Å². The molecule has 0 aliphatic heterocycles. The number of amides is 1. The molecule has 0 spiro atoms. The normalized spacial score (nSPS) is 9.00. The molecule has 1 rings (SSSR count). The fraction of sp³-hybridized carbons (Fsp3) is 0.222. The van der Waals surface area contributed by atoms with Gasteiger partial charge in [-0.3, -0.25) is 4.79 Å². The van der Waals surface area contributed by atoms with Crippen LogP contribution in [-0.4, -0.2) is 17.9 Å². The first-order valence-electron chi connectivity index (χ1n) is 3.79. The van der Waals surface area contributed by atoms with E-state index in [4.69, 9.17) is 5.26 Å². The monoisotopic (exact) mass is 175 g/mol. The highest BCUT2D eigenvalue weighted by Gasteiger charge is 2.06. The number of rotatable bonds is 1. The van der Waals surface area contributed by atoms with Gasteiger partial charge < -0.3 is 5.32 Å². The van der Waals surface area contributed by atoms with Gasteiger partial charge in [0, 0.05) is 7.05 Å². The Hall–Kier alpha value is -1.89. The van der Waals surface area contributed by atoms with Crippen LogP contribution in [0.25, 0.3) is 0 Å². The summed E-state index contributed by atoms with van der Waals surface area (Å²) in [6.45, 7) is 1.70. The van der Waals surface area contributed by atoms with Gasteiger partial charge in [0.25, 0.3) is 5.91 Å². The number of carbonyl (C=O) groups is 1. The maximum Gasteiger partial charge on any atom is 0.269 e. The Morgan fingerprint density at radius 3 is 2.77 bits per heavy atom. The first kappa shape index (κ1) is 9.20. The molecule has 13 heavy (non-hydrogen) atoms. The zero-order valence-electron chi connectivity index (χ0n) is 7.46. The van der Waals surface area contributed by atoms with Gasteiger partial charge >= 0.3 is 0 Å². The summed E-state index contributed by atoms with van der Waals surface area (Å²) in [7, 11) is 1.54. The number of carbonyl (C=O) groups excluding carboxylic acids is 1. The van der Waals surface area contributed by atoms with Crippen LogP contribution in [0.4, 0.5) is 0 Å². The Kier molecular flexibility index (Phi) is 2.60. The van der Waals surface area contributed by atoms with Crippen molar-refractivity contribution in [2.75, 3.05) is 7.05 Å². The molecule has 1 amide bonds. The molecule has 0 saturated heterocycles. The van der Waals surface area contributed by atoms with Gasteiger partial charge in [0.1, 0.15) is 11.8 Å². The molecular weight excluding hydrogens is 166 g/mol. The van der Waals surface area contributed by atoms with Crippen LogP contribution in [0.5, 0.6) is 0 Å². The highest BCUT2D eigenvalue weighted by Crippen LogP contribution is 2.04. The lowest BCUT2D eigenvalue weighted by Crippen LogP contribution is -2.19. The van der Waals surface area contributed by atoms with Crippen molar-refractivity contribution in [2.24, 2.45) is 0 Å². The largest absolute Gasteiger partial charge is 0.354 e. The second-order valence-corrected chi connectivity index (χ2v) is 2.52. The lowest BCUT2D eigenvalue weighted by molar-refractivity contribution is 0.0958. The van der Waals surface area contributed by atoms with Crippen LogP contribution >= 0.6 is 0 Å². The average molecular weight is 175 g/mol. The van der Waals surface area contributed by atoms with E-state index in [0.29, 0.717) is 17.0 Å². The summed E-state index contributed by atoms with van der Waals surface area (Å²) >= 11 is 0. The summed E-state index contributed by atoms with van der Waals surface area (Å²) in [6.07, 6.45) is 0. The summed E-state index contributed by atoms with van der Waals surface area (Å²) in [5.74, 6) is -0.243. The van der Waals surface area contributed by atoms with E-state index in [-0.39, 0.29) is 5.91 Å². The van der Waals surface area contributed by atoms with Gasteiger partial charge in [-0.05, 0) is 19.1 Å². The van der Waals surface area contributed by atoms with Crippen LogP contribution in [0.3, 0.4) is 0 Å². The van der Waals surface area contributed by atoms with Crippen molar-refractivity contribution in [3.63, 3.8) is 0 Å². The lowest BCUT2D eigenvalue weighted by Gasteiger charge is -2.00. The van der Waals surface area contributed by atoms with Crippen molar-refractivity contribution in [2.45, 2.75) is 6.92 Å². The fourth-order valence-electron chi connectivity index (χ4n) is 0.934. The average Bonchev–Trinajstić information content (AvgIpc) is 2.16. The van der Waals surface area contributed by atoms with Gasteiger partial charge in [0.15, 0.2) is 0 Å². The number of hydrogen-bond acceptors (Lipinski definition) is 3. The first-order chi connectivity index (χ1) is 6.19. The molecule has 1 aromatic rings. The number of aromatic nitrogens is 1. The predicted octanol–water partition coefficient (Wildman–Crippen LogP) is 0.621. The van der Waals surface area contributed by atoms with E-state index < -0.39 is 0 Å². The lowest BCUT2D eigenvalue weighted by atomic mass is 10.2. The maximum atomic E-state index is 11.1. The first-order valence-corrected chi connectivity index (χ1v) is 3.79. The molecular formula is C9H9N3O. The number of nitrogens with one attached hydrogen (secondary N) is 1. The second kappa shape index (κ2) is 3.68. The van der Waals surface area contributed by atoms with E-state index in [9.17, 15) is 4.79 Å². The van der Waals surface area contributed by atoms with Gasteiger partial charge in [0.2, 0.25) is 0 Å². The third kappa shape index (κ3) is 1.82. The summed E-state index contributed by atoms with van der Waals surface area (Å²) in [5, 5.41) is 11.1. The Morgan fingerprint density at radius 1 is 1.62 bits per heavy atom. The van der Waals surface area contributed by atoms with E-state index >= 15 is 0 Å². The minimum Gasteiger partial charge on any atom is -0.354 e. The molecule has 0 atom stereocenters. The highest BCUT2D eigenvalue weighted by atomic mass is 16.1. The smallest absolute Gasteiger partial charge is 0.269 e. The molecule has 1 N–H and O–H groups in total. The van der Waals surface area contributed by atoms with Crippen molar-refractivity contribution >= 4 is 5.91 Å². The topological polar surface area (TPSA) is 65.8 Å². The van der Waals surface area contributed by atoms with Crippen LogP contribution in [0, 0.1) is 18.3 Å². The van der Waals surface area contributed by atoms with E-state index in [1.807, 2.05) is 6.07 Å². The van der Waals surface area contributed by atoms with Crippen molar-refractivity contribution in [3.8, 4) is 6.07 Å².